The Kier molecular flexibility index (Phi) is 14.9. The first-order valence-electron chi connectivity index (χ1n) is 22.3. The van der Waals surface area contributed by atoms with Crippen LogP contribution in [0.25, 0.3) is 44.8 Å². The van der Waals surface area contributed by atoms with Crippen LogP contribution in [0.1, 0.15) is 45.7 Å². The lowest BCUT2D eigenvalue weighted by molar-refractivity contribution is -0.125. The van der Waals surface area contributed by atoms with E-state index in [9.17, 15) is 24.0 Å². The monoisotopic (exact) mass is 901 g/mol. The van der Waals surface area contributed by atoms with Gasteiger partial charge in [-0.15, -0.1) is 5.10 Å². The number of nitrogens with one attached hydrogen (secondary N) is 7. The van der Waals surface area contributed by atoms with Crippen LogP contribution in [0.4, 0.5) is 4.79 Å². The Morgan fingerprint density at radius 1 is 0.576 bits per heavy atom. The van der Waals surface area contributed by atoms with E-state index in [2.05, 4.69) is 56.2 Å². The zero-order valence-corrected chi connectivity index (χ0v) is 36.6. The molecular formula is C45H55N15O6. The van der Waals surface area contributed by atoms with E-state index in [1.165, 1.54) is 19.3 Å². The smallest absolute Gasteiger partial charge is 0.405 e. The molecule has 66 heavy (non-hydrogen) atoms. The third kappa shape index (κ3) is 12.3. The number of rotatable bonds is 19. The van der Waals surface area contributed by atoms with E-state index >= 15 is 0 Å². The van der Waals surface area contributed by atoms with Crippen LogP contribution in [0.3, 0.4) is 0 Å². The molecule has 2 aliphatic heterocycles. The lowest BCUT2D eigenvalue weighted by atomic mass is 10.1. The fourth-order valence-electron chi connectivity index (χ4n) is 8.06. The van der Waals surface area contributed by atoms with Gasteiger partial charge in [-0.3, -0.25) is 33.7 Å². The Hall–Kier alpha value is -7.23. The number of likely N-dealkylation sites (tertiary alicyclic amines) is 1. The maximum atomic E-state index is 13.2. The van der Waals surface area contributed by atoms with Gasteiger partial charge in [0.05, 0.1) is 54.4 Å². The molecule has 8 N–H and O–H groups in total. The minimum atomic E-state index is -1.32. The minimum absolute atomic E-state index is 0.0870. The lowest BCUT2D eigenvalue weighted by Crippen LogP contribution is -2.49. The number of hydrogen-bond donors (Lipinski definition) is 8. The summed E-state index contributed by atoms with van der Waals surface area (Å²) in [5, 5.41) is 29.8. The SMILES string of the molecule is O=C(O)NCC(=O)NCC(=O)NCc1cn(CCN2CCN(CCNC(=O)c3ccc4nc(-c5ccc(-c6nc7ccc(C(=O)NCCN8CCCCC8)cc7[nH]6)cc5)[nH]c4c3)CC2)nn1. The van der Waals surface area contributed by atoms with Crippen LogP contribution in [-0.2, 0) is 22.7 Å². The number of piperazine rings is 1. The van der Waals surface area contributed by atoms with Crippen molar-refractivity contribution in [3.05, 3.63) is 83.7 Å². The number of carboxylic acid groups (broad SMARTS) is 1. The Balaban J connectivity index is 0.739. The predicted molar refractivity (Wildman–Crippen MR) is 245 cm³/mol. The summed E-state index contributed by atoms with van der Waals surface area (Å²) in [6, 6.07) is 18.9. The van der Waals surface area contributed by atoms with Crippen molar-refractivity contribution in [2.45, 2.75) is 32.4 Å². The number of fused-ring (bicyclic) bond motifs is 2. The molecule has 2 saturated heterocycles. The van der Waals surface area contributed by atoms with E-state index < -0.39 is 24.5 Å². The molecule has 0 bridgehead atoms. The topological polar surface area (TPSA) is 264 Å². The van der Waals surface area contributed by atoms with Crippen LogP contribution in [-0.4, -0.2) is 170 Å². The van der Waals surface area contributed by atoms with Crippen molar-refractivity contribution in [3.63, 3.8) is 0 Å². The van der Waals surface area contributed by atoms with Gasteiger partial charge < -0.3 is 46.6 Å². The average molecular weight is 902 g/mol. The number of benzene rings is 3. The molecule has 0 aliphatic carbocycles. The number of piperidine rings is 1. The third-order valence-corrected chi connectivity index (χ3v) is 11.8. The van der Waals surface area contributed by atoms with Gasteiger partial charge >= 0.3 is 6.09 Å². The molecule has 2 aliphatic rings. The van der Waals surface area contributed by atoms with Crippen LogP contribution in [0.2, 0.25) is 0 Å². The van der Waals surface area contributed by atoms with Gasteiger partial charge in [0.15, 0.2) is 0 Å². The molecule has 2 fully saturated rings. The molecule has 346 valence electrons. The van der Waals surface area contributed by atoms with Crippen molar-refractivity contribution >= 4 is 51.8 Å². The first-order valence-corrected chi connectivity index (χ1v) is 22.3. The van der Waals surface area contributed by atoms with Gasteiger partial charge in [0.25, 0.3) is 11.8 Å². The standard InChI is InChI=1S/C45H55N15O6/c61-39(27-49-40(62)28-50-45(65)66)48-26-34-29-60(56-55-34)23-22-59-20-18-58(19-21-59)17-13-47-44(64)33-9-11-36-38(25-33)54-42(52-36)31-6-4-30(5-7-31)41-51-35-10-8-32(24-37(35)53-41)43(63)46-12-16-57-14-2-1-3-15-57/h4-11,24-25,29,50H,1-3,12-23,26-28H2,(H,46,63)(H,47,64)(H,48,61)(H,49,62)(H,51,53)(H,52,54)(H,65,66). The summed E-state index contributed by atoms with van der Waals surface area (Å²) in [7, 11) is 0. The molecule has 6 aromatic rings. The van der Waals surface area contributed by atoms with Crippen LogP contribution in [0.15, 0.2) is 66.9 Å². The number of amides is 5. The Bertz CT molecular complexity index is 2640. The molecule has 21 heteroatoms. The summed E-state index contributed by atoms with van der Waals surface area (Å²) in [4.78, 5) is 83.5. The lowest BCUT2D eigenvalue weighted by Gasteiger charge is -2.34. The van der Waals surface area contributed by atoms with Gasteiger partial charge in [0.1, 0.15) is 17.3 Å². The van der Waals surface area contributed by atoms with Gasteiger partial charge in [0, 0.05) is 81.2 Å². The molecule has 5 heterocycles. The number of hydrogen-bond acceptors (Lipinski definition) is 12. The first kappa shape index (κ1) is 45.3. The molecular weight excluding hydrogens is 847 g/mol. The van der Waals surface area contributed by atoms with E-state index in [4.69, 9.17) is 15.1 Å². The van der Waals surface area contributed by atoms with Crippen LogP contribution in [0, 0.1) is 0 Å². The summed E-state index contributed by atoms with van der Waals surface area (Å²) >= 11 is 0. The second-order valence-electron chi connectivity index (χ2n) is 16.5. The van der Waals surface area contributed by atoms with E-state index in [-0.39, 0.29) is 24.9 Å². The number of aromatic amines is 2. The number of carbonyl (C=O) groups excluding carboxylic acids is 4. The molecule has 0 spiro atoms. The molecule has 0 atom stereocenters. The normalized spacial score (nSPS) is 14.8. The van der Waals surface area contributed by atoms with Crippen molar-refractivity contribution in [2.75, 3.05) is 85.1 Å². The molecule has 21 nitrogen and oxygen atoms in total. The molecule has 0 unspecified atom stereocenters. The van der Waals surface area contributed by atoms with Gasteiger partial charge in [-0.1, -0.05) is 35.9 Å². The highest BCUT2D eigenvalue weighted by Gasteiger charge is 2.19. The van der Waals surface area contributed by atoms with Gasteiger partial charge in [0.2, 0.25) is 11.8 Å². The number of aromatic nitrogens is 7. The third-order valence-electron chi connectivity index (χ3n) is 11.8. The minimum Gasteiger partial charge on any atom is -0.465 e. The predicted octanol–water partition coefficient (Wildman–Crippen LogP) is 1.63. The van der Waals surface area contributed by atoms with Crippen molar-refractivity contribution in [1.82, 2.24) is 76.2 Å². The molecule has 3 aromatic carbocycles. The largest absolute Gasteiger partial charge is 0.465 e. The van der Waals surface area contributed by atoms with E-state index in [0.717, 1.165) is 92.1 Å². The first-order chi connectivity index (χ1) is 32.1. The van der Waals surface area contributed by atoms with Crippen molar-refractivity contribution in [3.8, 4) is 22.8 Å². The van der Waals surface area contributed by atoms with E-state index in [1.807, 2.05) is 59.9 Å². The van der Waals surface area contributed by atoms with Crippen molar-refractivity contribution in [2.24, 2.45) is 0 Å². The van der Waals surface area contributed by atoms with Crippen LogP contribution < -0.4 is 26.6 Å². The highest BCUT2D eigenvalue weighted by molar-refractivity contribution is 5.98. The highest BCUT2D eigenvalue weighted by Crippen LogP contribution is 2.26. The highest BCUT2D eigenvalue weighted by atomic mass is 16.4. The summed E-state index contributed by atoms with van der Waals surface area (Å²) < 4.78 is 1.72. The van der Waals surface area contributed by atoms with Crippen LogP contribution >= 0.6 is 0 Å². The van der Waals surface area contributed by atoms with E-state index in [0.29, 0.717) is 48.1 Å². The molecule has 5 amide bonds. The molecule has 8 rings (SSSR count). The van der Waals surface area contributed by atoms with E-state index in [1.54, 1.807) is 16.9 Å². The summed E-state index contributed by atoms with van der Waals surface area (Å²) in [5.74, 6) is 0.121. The second kappa shape index (κ2) is 21.6. The Labute approximate surface area is 380 Å². The Morgan fingerprint density at radius 3 is 1.65 bits per heavy atom. The fourth-order valence-corrected chi connectivity index (χ4v) is 8.06. The fraction of sp³-hybridized carbons (Fsp3) is 0.400. The maximum Gasteiger partial charge on any atom is 0.405 e. The van der Waals surface area contributed by atoms with Crippen molar-refractivity contribution < 1.29 is 29.1 Å². The van der Waals surface area contributed by atoms with Gasteiger partial charge in [-0.25, -0.2) is 14.8 Å². The van der Waals surface area contributed by atoms with Gasteiger partial charge in [-0.2, -0.15) is 0 Å². The Morgan fingerprint density at radius 2 is 1.09 bits per heavy atom. The number of carbonyl (C=O) groups is 5. The number of nitrogens with zero attached hydrogens (tertiary/aromatic N) is 8. The average Bonchev–Trinajstić information content (AvgIpc) is 4.10. The second-order valence-corrected chi connectivity index (χ2v) is 16.5. The molecule has 0 radical (unpaired) electrons. The number of imidazole rings is 2. The summed E-state index contributed by atoms with van der Waals surface area (Å²) in [5.41, 5.74) is 6.63. The quantitative estimate of drug-likeness (QED) is 0.0576. The molecule has 3 aromatic heterocycles. The van der Waals surface area contributed by atoms with Crippen molar-refractivity contribution in [1.29, 1.82) is 0 Å². The number of H-pyrrole nitrogens is 2. The zero-order valence-electron chi connectivity index (χ0n) is 36.6. The zero-order chi connectivity index (χ0) is 45.8. The summed E-state index contributed by atoms with van der Waals surface area (Å²) in [6.07, 6.45) is 4.18. The van der Waals surface area contributed by atoms with Crippen LogP contribution in [0.5, 0.6) is 0 Å². The van der Waals surface area contributed by atoms with Gasteiger partial charge in [-0.05, 0) is 62.3 Å². The molecule has 0 saturated carbocycles. The summed E-state index contributed by atoms with van der Waals surface area (Å²) in [6.45, 7) is 9.29. The maximum absolute atomic E-state index is 13.2.